The molecule has 114 valence electrons. The summed E-state index contributed by atoms with van der Waals surface area (Å²) in [5.74, 6) is -1.86. The fourth-order valence-corrected chi connectivity index (χ4v) is 2.80. The second-order valence-electron chi connectivity index (χ2n) is 5.28. The second kappa shape index (κ2) is 6.43. The van der Waals surface area contributed by atoms with Gasteiger partial charge in [0.15, 0.2) is 0 Å². The molecule has 1 aromatic carbocycles. The van der Waals surface area contributed by atoms with Crippen LogP contribution in [-0.2, 0) is 4.79 Å². The van der Waals surface area contributed by atoms with E-state index in [2.05, 4.69) is 0 Å². The lowest BCUT2D eigenvalue weighted by molar-refractivity contribution is -0.144. The van der Waals surface area contributed by atoms with Crippen molar-refractivity contribution < 1.29 is 19.1 Å². The van der Waals surface area contributed by atoms with Gasteiger partial charge < -0.3 is 10.0 Å². The van der Waals surface area contributed by atoms with Gasteiger partial charge in [-0.3, -0.25) is 4.79 Å². The van der Waals surface area contributed by atoms with Gasteiger partial charge in [0.1, 0.15) is 11.9 Å². The predicted octanol–water partition coefficient (Wildman–Crippen LogP) is 3.19. The molecule has 1 amide bonds. The van der Waals surface area contributed by atoms with Crippen LogP contribution in [0, 0.1) is 11.7 Å². The minimum atomic E-state index is -1.02. The number of aliphatic carboxylic acids is 1. The predicted molar refractivity (Wildman–Crippen MR) is 76.9 cm³/mol. The van der Waals surface area contributed by atoms with Crippen LogP contribution in [0.2, 0.25) is 5.02 Å². The molecule has 0 radical (unpaired) electrons. The minimum absolute atomic E-state index is 0.0639. The fraction of sp³-hybridized carbons (Fsp3) is 0.467. The molecular weight excluding hydrogens is 297 g/mol. The zero-order valence-corrected chi connectivity index (χ0v) is 12.4. The van der Waals surface area contributed by atoms with Crippen LogP contribution in [0.5, 0.6) is 0 Å². The van der Waals surface area contributed by atoms with Crippen molar-refractivity contribution in [1.29, 1.82) is 0 Å². The number of carboxylic acids is 1. The van der Waals surface area contributed by atoms with Crippen molar-refractivity contribution in [2.45, 2.75) is 32.2 Å². The SMILES string of the molecule is CCC1CCN(C(=O)c2ccc(Cl)c(F)c2)C(C(=O)O)C1. The largest absolute Gasteiger partial charge is 0.480 e. The lowest BCUT2D eigenvalue weighted by atomic mass is 9.88. The van der Waals surface area contributed by atoms with Gasteiger partial charge in [-0.2, -0.15) is 0 Å². The molecule has 1 aliphatic rings. The number of hydrogen-bond acceptors (Lipinski definition) is 2. The fourth-order valence-electron chi connectivity index (χ4n) is 2.68. The molecule has 2 atom stereocenters. The molecule has 1 heterocycles. The van der Waals surface area contributed by atoms with Crippen LogP contribution >= 0.6 is 11.6 Å². The van der Waals surface area contributed by atoms with Gasteiger partial charge in [-0.25, -0.2) is 9.18 Å². The van der Waals surface area contributed by atoms with Crippen LogP contribution in [0.15, 0.2) is 18.2 Å². The lowest BCUT2D eigenvalue weighted by Crippen LogP contribution is -2.50. The van der Waals surface area contributed by atoms with Crippen molar-refractivity contribution in [2.75, 3.05) is 6.54 Å². The van der Waals surface area contributed by atoms with Gasteiger partial charge in [-0.1, -0.05) is 24.9 Å². The number of amides is 1. The molecule has 21 heavy (non-hydrogen) atoms. The van der Waals surface area contributed by atoms with E-state index in [-0.39, 0.29) is 10.6 Å². The van der Waals surface area contributed by atoms with Gasteiger partial charge in [0.05, 0.1) is 5.02 Å². The number of rotatable bonds is 3. The number of carboxylic acid groups (broad SMARTS) is 1. The van der Waals surface area contributed by atoms with Gasteiger partial charge in [-0.15, -0.1) is 0 Å². The molecule has 0 aromatic heterocycles. The first-order chi connectivity index (χ1) is 9.93. The third kappa shape index (κ3) is 3.35. The third-order valence-electron chi connectivity index (χ3n) is 4.00. The highest BCUT2D eigenvalue weighted by Crippen LogP contribution is 2.27. The summed E-state index contributed by atoms with van der Waals surface area (Å²) in [7, 11) is 0. The summed E-state index contributed by atoms with van der Waals surface area (Å²) in [5.41, 5.74) is 0.123. The van der Waals surface area contributed by atoms with E-state index in [1.54, 1.807) is 0 Å². The van der Waals surface area contributed by atoms with Gasteiger partial charge in [0.25, 0.3) is 5.91 Å². The highest BCUT2D eigenvalue weighted by atomic mass is 35.5. The monoisotopic (exact) mass is 313 g/mol. The van der Waals surface area contributed by atoms with E-state index in [1.165, 1.54) is 17.0 Å². The lowest BCUT2D eigenvalue weighted by Gasteiger charge is -2.37. The van der Waals surface area contributed by atoms with E-state index < -0.39 is 23.7 Å². The van der Waals surface area contributed by atoms with Gasteiger partial charge in [0, 0.05) is 12.1 Å². The molecule has 2 rings (SSSR count). The van der Waals surface area contributed by atoms with E-state index in [0.29, 0.717) is 18.9 Å². The third-order valence-corrected chi connectivity index (χ3v) is 4.31. The Labute approximate surface area is 127 Å². The van der Waals surface area contributed by atoms with Crippen molar-refractivity contribution in [2.24, 2.45) is 5.92 Å². The number of nitrogens with zero attached hydrogens (tertiary/aromatic N) is 1. The molecule has 1 aromatic rings. The summed E-state index contributed by atoms with van der Waals surface area (Å²) in [6.45, 7) is 2.38. The second-order valence-corrected chi connectivity index (χ2v) is 5.69. The summed E-state index contributed by atoms with van der Waals surface area (Å²) in [6.07, 6.45) is 2.09. The number of piperidine rings is 1. The Kier molecular flexibility index (Phi) is 4.83. The average Bonchev–Trinajstić information content (AvgIpc) is 2.48. The average molecular weight is 314 g/mol. The Balaban J connectivity index is 2.24. The van der Waals surface area contributed by atoms with Crippen molar-refractivity contribution in [3.05, 3.63) is 34.6 Å². The van der Waals surface area contributed by atoms with Crippen molar-refractivity contribution in [3.63, 3.8) is 0 Å². The molecule has 0 saturated carbocycles. The van der Waals surface area contributed by atoms with Crippen molar-refractivity contribution in [3.8, 4) is 0 Å². The minimum Gasteiger partial charge on any atom is -0.480 e. The molecule has 4 nitrogen and oxygen atoms in total. The first-order valence-electron chi connectivity index (χ1n) is 6.92. The zero-order valence-electron chi connectivity index (χ0n) is 11.7. The number of carbonyl (C=O) groups is 2. The van der Waals surface area contributed by atoms with Crippen LogP contribution in [-0.4, -0.2) is 34.5 Å². The standard InChI is InChI=1S/C15H17ClFNO3/c1-2-9-5-6-18(13(7-9)15(20)21)14(19)10-3-4-11(16)12(17)8-10/h3-4,8-9,13H,2,5-7H2,1H3,(H,20,21). The first kappa shape index (κ1) is 15.8. The topological polar surface area (TPSA) is 57.6 Å². The van der Waals surface area contributed by atoms with Gasteiger partial charge >= 0.3 is 5.97 Å². The van der Waals surface area contributed by atoms with E-state index in [0.717, 1.165) is 18.9 Å². The molecule has 1 saturated heterocycles. The van der Waals surface area contributed by atoms with Crippen LogP contribution in [0.3, 0.4) is 0 Å². The highest BCUT2D eigenvalue weighted by molar-refractivity contribution is 6.30. The molecule has 2 unspecified atom stereocenters. The Morgan fingerprint density at radius 2 is 2.19 bits per heavy atom. The Morgan fingerprint density at radius 3 is 2.76 bits per heavy atom. The number of hydrogen-bond donors (Lipinski definition) is 1. The van der Waals surface area contributed by atoms with Gasteiger partial charge in [-0.05, 0) is 37.0 Å². The summed E-state index contributed by atoms with van der Waals surface area (Å²) < 4.78 is 13.5. The zero-order chi connectivity index (χ0) is 15.6. The summed E-state index contributed by atoms with van der Waals surface area (Å²) in [4.78, 5) is 25.1. The molecule has 6 heteroatoms. The maximum absolute atomic E-state index is 13.5. The Hall–Kier alpha value is -1.62. The van der Waals surface area contributed by atoms with Crippen LogP contribution in [0.1, 0.15) is 36.5 Å². The smallest absolute Gasteiger partial charge is 0.326 e. The number of benzene rings is 1. The van der Waals surface area contributed by atoms with E-state index >= 15 is 0 Å². The number of likely N-dealkylation sites (tertiary alicyclic amines) is 1. The van der Waals surface area contributed by atoms with Crippen molar-refractivity contribution in [1.82, 2.24) is 4.90 Å². The molecule has 0 aliphatic carbocycles. The maximum Gasteiger partial charge on any atom is 0.326 e. The molecular formula is C15H17ClFNO3. The van der Waals surface area contributed by atoms with Crippen LogP contribution < -0.4 is 0 Å². The quantitative estimate of drug-likeness (QED) is 0.932. The number of carbonyl (C=O) groups excluding carboxylic acids is 1. The number of halogens is 2. The maximum atomic E-state index is 13.5. The van der Waals surface area contributed by atoms with Crippen molar-refractivity contribution >= 4 is 23.5 Å². The van der Waals surface area contributed by atoms with Gasteiger partial charge in [0.2, 0.25) is 0 Å². The normalized spacial score (nSPS) is 22.1. The van der Waals surface area contributed by atoms with Crippen LogP contribution in [0.25, 0.3) is 0 Å². The Morgan fingerprint density at radius 1 is 1.48 bits per heavy atom. The summed E-state index contributed by atoms with van der Waals surface area (Å²) in [5, 5.41) is 9.26. The summed E-state index contributed by atoms with van der Waals surface area (Å²) >= 11 is 5.59. The summed E-state index contributed by atoms with van der Waals surface area (Å²) in [6, 6.07) is 2.92. The first-order valence-corrected chi connectivity index (χ1v) is 7.30. The van der Waals surface area contributed by atoms with Crippen LogP contribution in [0.4, 0.5) is 4.39 Å². The van der Waals surface area contributed by atoms with E-state index in [9.17, 15) is 19.1 Å². The molecule has 0 spiro atoms. The Bertz CT molecular complexity index is 564. The van der Waals surface area contributed by atoms with E-state index in [1.807, 2.05) is 6.92 Å². The highest BCUT2D eigenvalue weighted by Gasteiger charge is 2.36. The molecule has 1 fully saturated rings. The molecule has 0 bridgehead atoms. The molecule has 1 N–H and O–H groups in total. The molecule has 1 aliphatic heterocycles. The van der Waals surface area contributed by atoms with E-state index in [4.69, 9.17) is 11.6 Å².